The molecule has 7 nitrogen and oxygen atoms in total. The second-order valence-electron chi connectivity index (χ2n) is 3.95. The summed E-state index contributed by atoms with van der Waals surface area (Å²) in [6, 6.07) is -0.280. The van der Waals surface area contributed by atoms with E-state index in [0.717, 1.165) is 0 Å². The molecule has 2 rings (SSSR count). The van der Waals surface area contributed by atoms with Gasteiger partial charge in [0.1, 0.15) is 0 Å². The van der Waals surface area contributed by atoms with Crippen molar-refractivity contribution in [3.05, 3.63) is 0 Å². The van der Waals surface area contributed by atoms with Gasteiger partial charge in [-0.2, -0.15) is 4.99 Å². The molecule has 2 saturated heterocycles. The van der Waals surface area contributed by atoms with Gasteiger partial charge in [0.2, 0.25) is 5.96 Å². The van der Waals surface area contributed by atoms with Crippen LogP contribution in [0.5, 0.6) is 0 Å². The van der Waals surface area contributed by atoms with Crippen molar-refractivity contribution in [3.63, 3.8) is 0 Å². The van der Waals surface area contributed by atoms with Crippen molar-refractivity contribution < 1.29 is 14.3 Å². The Hall–Kier alpha value is -1.34. The van der Waals surface area contributed by atoms with Crippen LogP contribution < -0.4 is 5.73 Å². The molecule has 2 fully saturated rings. The maximum atomic E-state index is 11.8. The van der Waals surface area contributed by atoms with E-state index in [2.05, 4.69) is 4.99 Å². The van der Waals surface area contributed by atoms with Crippen LogP contribution in [0, 0.1) is 0 Å². The minimum atomic E-state index is -0.280. The topological polar surface area (TPSA) is 80.4 Å². The van der Waals surface area contributed by atoms with Crippen LogP contribution in [0.1, 0.15) is 0 Å². The number of urea groups is 1. The highest BCUT2D eigenvalue weighted by Crippen LogP contribution is 2.01. The van der Waals surface area contributed by atoms with Crippen molar-refractivity contribution in [2.75, 3.05) is 52.6 Å². The largest absolute Gasteiger partial charge is 0.378 e. The van der Waals surface area contributed by atoms with Gasteiger partial charge in [0.15, 0.2) is 0 Å². The van der Waals surface area contributed by atoms with Crippen LogP contribution in [0.4, 0.5) is 4.79 Å². The number of nitrogens with zero attached hydrogens (tertiary/aromatic N) is 3. The van der Waals surface area contributed by atoms with Gasteiger partial charge in [0.05, 0.1) is 26.4 Å². The Kier molecular flexibility index (Phi) is 4.16. The lowest BCUT2D eigenvalue weighted by atomic mass is 10.4. The molecule has 0 aromatic carbocycles. The van der Waals surface area contributed by atoms with Crippen molar-refractivity contribution >= 4 is 12.0 Å². The third kappa shape index (κ3) is 3.31. The normalized spacial score (nSPS) is 22.7. The summed E-state index contributed by atoms with van der Waals surface area (Å²) in [6.45, 7) is 4.93. The van der Waals surface area contributed by atoms with Gasteiger partial charge in [0, 0.05) is 26.2 Å². The molecule has 0 saturated carbocycles. The van der Waals surface area contributed by atoms with Crippen molar-refractivity contribution in [2.24, 2.45) is 10.7 Å². The van der Waals surface area contributed by atoms with Crippen molar-refractivity contribution in [1.82, 2.24) is 9.80 Å². The number of aliphatic imine (C=N–C) groups is 1. The zero-order valence-corrected chi connectivity index (χ0v) is 9.80. The molecule has 0 spiro atoms. The van der Waals surface area contributed by atoms with E-state index in [1.165, 1.54) is 0 Å². The fraction of sp³-hybridized carbons (Fsp3) is 0.800. The zero-order valence-electron chi connectivity index (χ0n) is 9.80. The first kappa shape index (κ1) is 12.1. The van der Waals surface area contributed by atoms with E-state index in [9.17, 15) is 4.79 Å². The monoisotopic (exact) mass is 242 g/mol. The molecule has 0 unspecified atom stereocenters. The van der Waals surface area contributed by atoms with Crippen molar-refractivity contribution in [3.8, 4) is 0 Å². The Morgan fingerprint density at radius 2 is 1.41 bits per heavy atom. The molecule has 2 aliphatic heterocycles. The molecule has 0 aromatic rings. The highest BCUT2D eigenvalue weighted by atomic mass is 16.5. The Balaban J connectivity index is 1.89. The fourth-order valence-corrected chi connectivity index (χ4v) is 1.79. The molecular weight excluding hydrogens is 224 g/mol. The minimum Gasteiger partial charge on any atom is -0.378 e. The number of amides is 2. The first-order valence-electron chi connectivity index (χ1n) is 5.81. The van der Waals surface area contributed by atoms with Gasteiger partial charge in [-0.05, 0) is 0 Å². The second-order valence-corrected chi connectivity index (χ2v) is 3.95. The third-order valence-electron chi connectivity index (χ3n) is 2.83. The molecule has 0 radical (unpaired) electrons. The standard InChI is InChI=1S/C10H18N4O3/c11-9(13-1-5-16-6-2-13)12-10(15)14-3-7-17-8-4-14/h1-8H2,(H2,11,12,15). The number of morpholine rings is 2. The van der Waals surface area contributed by atoms with E-state index in [4.69, 9.17) is 15.2 Å². The van der Waals surface area contributed by atoms with E-state index in [1.807, 2.05) is 4.90 Å². The Labute approximate surface area is 100 Å². The molecule has 0 aliphatic carbocycles. The third-order valence-corrected chi connectivity index (χ3v) is 2.83. The Bertz CT molecular complexity index is 296. The average Bonchev–Trinajstić information content (AvgIpc) is 2.40. The molecule has 17 heavy (non-hydrogen) atoms. The summed E-state index contributed by atoms with van der Waals surface area (Å²) in [4.78, 5) is 19.2. The second kappa shape index (κ2) is 5.83. The van der Waals surface area contributed by atoms with Gasteiger partial charge in [-0.3, -0.25) is 0 Å². The number of rotatable bonds is 0. The van der Waals surface area contributed by atoms with Gasteiger partial charge in [-0.1, -0.05) is 0 Å². The summed E-state index contributed by atoms with van der Waals surface area (Å²) >= 11 is 0. The van der Waals surface area contributed by atoms with Gasteiger partial charge in [0.25, 0.3) is 0 Å². The summed E-state index contributed by atoms with van der Waals surface area (Å²) in [5.74, 6) is 0.282. The molecule has 0 atom stereocenters. The Morgan fingerprint density at radius 1 is 0.941 bits per heavy atom. The number of ether oxygens (including phenoxy) is 2. The van der Waals surface area contributed by atoms with Crippen molar-refractivity contribution in [2.45, 2.75) is 0 Å². The Morgan fingerprint density at radius 3 is 1.94 bits per heavy atom. The van der Waals surface area contributed by atoms with Crippen LogP contribution in [0.2, 0.25) is 0 Å². The summed E-state index contributed by atoms with van der Waals surface area (Å²) < 4.78 is 10.4. The predicted molar refractivity (Wildman–Crippen MR) is 61.8 cm³/mol. The highest BCUT2D eigenvalue weighted by Gasteiger charge is 2.18. The van der Waals surface area contributed by atoms with E-state index in [1.54, 1.807) is 4.90 Å². The van der Waals surface area contributed by atoms with Gasteiger partial charge < -0.3 is 25.0 Å². The van der Waals surface area contributed by atoms with Crippen molar-refractivity contribution in [1.29, 1.82) is 0 Å². The highest BCUT2D eigenvalue weighted by molar-refractivity contribution is 5.91. The first-order valence-corrected chi connectivity index (χ1v) is 5.81. The maximum Gasteiger partial charge on any atom is 0.346 e. The lowest BCUT2D eigenvalue weighted by Crippen LogP contribution is -2.46. The van der Waals surface area contributed by atoms with Crippen LogP contribution in [0.15, 0.2) is 4.99 Å². The predicted octanol–water partition coefficient (Wildman–Crippen LogP) is -0.914. The van der Waals surface area contributed by atoms with Crippen LogP contribution in [0.3, 0.4) is 0 Å². The van der Waals surface area contributed by atoms with Gasteiger partial charge >= 0.3 is 6.03 Å². The number of hydrogen-bond donors (Lipinski definition) is 1. The zero-order chi connectivity index (χ0) is 12.1. The molecular formula is C10H18N4O3. The van der Waals surface area contributed by atoms with E-state index >= 15 is 0 Å². The number of nitrogens with two attached hydrogens (primary N) is 1. The van der Waals surface area contributed by atoms with Crippen LogP contribution in [-0.4, -0.2) is 74.4 Å². The SMILES string of the molecule is N/C(=N\C(=O)N1CCOCC1)N1CCOCC1. The van der Waals surface area contributed by atoms with Crippen LogP contribution in [0.25, 0.3) is 0 Å². The van der Waals surface area contributed by atoms with E-state index in [-0.39, 0.29) is 12.0 Å². The molecule has 2 aliphatic rings. The van der Waals surface area contributed by atoms with Gasteiger partial charge in [-0.15, -0.1) is 0 Å². The number of carbonyl (C=O) groups is 1. The summed E-state index contributed by atoms with van der Waals surface area (Å²) in [6.07, 6.45) is 0. The van der Waals surface area contributed by atoms with E-state index in [0.29, 0.717) is 52.6 Å². The fourth-order valence-electron chi connectivity index (χ4n) is 1.79. The molecule has 7 heteroatoms. The minimum absolute atomic E-state index is 0.280. The molecule has 0 bridgehead atoms. The lowest BCUT2D eigenvalue weighted by Gasteiger charge is -2.29. The van der Waals surface area contributed by atoms with Crippen LogP contribution >= 0.6 is 0 Å². The number of hydrogen-bond acceptors (Lipinski definition) is 3. The molecule has 96 valence electrons. The quantitative estimate of drug-likeness (QED) is 0.439. The molecule has 2 amide bonds. The smallest absolute Gasteiger partial charge is 0.346 e. The van der Waals surface area contributed by atoms with E-state index < -0.39 is 0 Å². The van der Waals surface area contributed by atoms with Gasteiger partial charge in [-0.25, -0.2) is 4.79 Å². The summed E-state index contributed by atoms with van der Waals surface area (Å²) in [5, 5.41) is 0. The van der Waals surface area contributed by atoms with Crippen LogP contribution in [-0.2, 0) is 9.47 Å². The lowest BCUT2D eigenvalue weighted by molar-refractivity contribution is 0.0549. The molecule has 2 heterocycles. The number of guanidine groups is 1. The summed E-state index contributed by atoms with van der Waals surface area (Å²) in [7, 11) is 0. The average molecular weight is 242 g/mol. The summed E-state index contributed by atoms with van der Waals surface area (Å²) in [5.41, 5.74) is 5.80. The molecule has 2 N–H and O–H groups in total. The maximum absolute atomic E-state index is 11.8. The number of carbonyl (C=O) groups excluding carboxylic acids is 1. The first-order chi connectivity index (χ1) is 8.27. The molecule has 0 aromatic heterocycles.